The van der Waals surface area contributed by atoms with Crippen molar-refractivity contribution in [3.63, 3.8) is 0 Å². The van der Waals surface area contributed by atoms with Crippen LogP contribution in [-0.4, -0.2) is 90.6 Å². The lowest BCUT2D eigenvalue weighted by Gasteiger charge is -2.43. The minimum Gasteiger partial charge on any atom is -0.492 e. The first-order valence-corrected chi connectivity index (χ1v) is 14.6. The van der Waals surface area contributed by atoms with Gasteiger partial charge in [-0.3, -0.25) is 4.90 Å². The predicted molar refractivity (Wildman–Crippen MR) is 160 cm³/mol. The van der Waals surface area contributed by atoms with Crippen LogP contribution in [0.2, 0.25) is 5.15 Å². The van der Waals surface area contributed by atoms with Crippen LogP contribution in [0.25, 0.3) is 0 Å². The van der Waals surface area contributed by atoms with Gasteiger partial charge in [0.05, 0.1) is 5.69 Å². The number of benzene rings is 2. The average molecular weight is 578 g/mol. The lowest BCUT2D eigenvalue weighted by molar-refractivity contribution is 0.0684. The molecule has 3 saturated heterocycles. The van der Waals surface area contributed by atoms with Crippen molar-refractivity contribution in [1.82, 2.24) is 20.0 Å². The number of hydrogen-bond donors (Lipinski definition) is 1. The van der Waals surface area contributed by atoms with Crippen LogP contribution in [-0.2, 0) is 11.3 Å². The standard InChI is InChI=1S/C30H36ClN7O3/c31-28-18-27(29(32)34-33-28)37-19-24-9-10-25(20-37)38(24)23-7-4-8-26(17-23)40-16-15-35-11-13-36(14-12-35)30(39)41-21-22-5-2-1-3-6-22/h1-8,17-18,24-25H,9-16,19-21H2,(H2,32,34). The number of anilines is 3. The molecular formula is C30H36ClN7O3. The highest BCUT2D eigenvalue weighted by atomic mass is 35.5. The van der Waals surface area contributed by atoms with E-state index in [1.165, 1.54) is 5.69 Å². The van der Waals surface area contributed by atoms with Gasteiger partial charge in [-0.15, -0.1) is 10.2 Å². The fraction of sp³-hybridized carbons (Fsp3) is 0.433. The van der Waals surface area contributed by atoms with Gasteiger partial charge in [0.15, 0.2) is 11.0 Å². The van der Waals surface area contributed by atoms with Crippen molar-refractivity contribution < 1.29 is 14.3 Å². The molecule has 11 heteroatoms. The summed E-state index contributed by atoms with van der Waals surface area (Å²) in [6.07, 6.45) is 2.01. The van der Waals surface area contributed by atoms with Gasteiger partial charge in [0, 0.05) is 75.7 Å². The molecule has 3 aliphatic heterocycles. The maximum absolute atomic E-state index is 12.4. The van der Waals surface area contributed by atoms with Crippen LogP contribution in [0, 0.1) is 0 Å². The van der Waals surface area contributed by atoms with Crippen LogP contribution in [0.1, 0.15) is 18.4 Å². The van der Waals surface area contributed by atoms with Gasteiger partial charge < -0.3 is 29.9 Å². The Morgan fingerprint density at radius 2 is 1.71 bits per heavy atom. The first-order valence-electron chi connectivity index (χ1n) is 14.3. The number of rotatable bonds is 8. The molecule has 3 aliphatic rings. The molecule has 0 aliphatic carbocycles. The van der Waals surface area contributed by atoms with Crippen molar-refractivity contribution in [2.45, 2.75) is 31.5 Å². The zero-order valence-electron chi connectivity index (χ0n) is 23.1. The first kappa shape index (κ1) is 27.4. The van der Waals surface area contributed by atoms with Gasteiger partial charge in [-0.05, 0) is 30.5 Å². The largest absolute Gasteiger partial charge is 0.492 e. The molecule has 3 aromatic rings. The first-order chi connectivity index (χ1) is 20.0. The number of carbonyl (C=O) groups is 1. The fourth-order valence-corrected chi connectivity index (χ4v) is 6.28. The molecule has 3 fully saturated rings. The third kappa shape index (κ3) is 6.44. The normalized spacial score (nSPS) is 20.8. The van der Waals surface area contributed by atoms with E-state index in [0.717, 1.165) is 62.6 Å². The van der Waals surface area contributed by atoms with Crippen molar-refractivity contribution in [2.75, 3.05) is 68.0 Å². The summed E-state index contributed by atoms with van der Waals surface area (Å²) in [5.41, 5.74) is 9.17. The third-order valence-electron chi connectivity index (χ3n) is 8.22. The van der Waals surface area contributed by atoms with Crippen molar-refractivity contribution in [3.8, 4) is 5.75 Å². The molecule has 10 nitrogen and oxygen atoms in total. The number of hydrogen-bond acceptors (Lipinski definition) is 9. The number of amides is 1. The molecule has 2 atom stereocenters. The van der Waals surface area contributed by atoms with E-state index in [9.17, 15) is 4.79 Å². The third-order valence-corrected chi connectivity index (χ3v) is 8.41. The number of carbonyl (C=O) groups excluding carboxylic acids is 1. The Labute approximate surface area is 245 Å². The molecule has 4 heterocycles. The van der Waals surface area contributed by atoms with Gasteiger partial charge in [0.2, 0.25) is 0 Å². The van der Waals surface area contributed by atoms with Gasteiger partial charge in [-0.2, -0.15) is 0 Å². The maximum atomic E-state index is 12.4. The molecule has 0 spiro atoms. The van der Waals surface area contributed by atoms with Gasteiger partial charge in [-0.1, -0.05) is 48.0 Å². The van der Waals surface area contributed by atoms with E-state index in [1.807, 2.05) is 42.5 Å². The Morgan fingerprint density at radius 1 is 0.951 bits per heavy atom. The molecule has 216 valence electrons. The van der Waals surface area contributed by atoms with Crippen LogP contribution in [0.5, 0.6) is 5.75 Å². The number of ether oxygens (including phenoxy) is 2. The van der Waals surface area contributed by atoms with E-state index in [4.69, 9.17) is 26.8 Å². The van der Waals surface area contributed by atoms with Gasteiger partial charge >= 0.3 is 6.09 Å². The molecule has 1 aromatic heterocycles. The molecular weight excluding hydrogens is 542 g/mol. The van der Waals surface area contributed by atoms with Gasteiger partial charge in [-0.25, -0.2) is 4.79 Å². The molecule has 2 unspecified atom stereocenters. The summed E-state index contributed by atoms with van der Waals surface area (Å²) in [6, 6.07) is 20.7. The number of fused-ring (bicyclic) bond motifs is 2. The minimum atomic E-state index is -0.249. The van der Waals surface area contributed by atoms with Crippen molar-refractivity contribution in [2.24, 2.45) is 0 Å². The SMILES string of the molecule is Nc1nnc(Cl)cc1N1CC2CCC(C1)N2c1cccc(OCCN2CCN(C(=O)OCc3ccccc3)CC2)c1. The summed E-state index contributed by atoms with van der Waals surface area (Å²) in [7, 11) is 0. The fourth-order valence-electron chi connectivity index (χ4n) is 6.13. The molecule has 0 radical (unpaired) electrons. The number of nitrogens with two attached hydrogens (primary N) is 1. The number of nitrogens with zero attached hydrogens (tertiary/aromatic N) is 6. The zero-order valence-corrected chi connectivity index (χ0v) is 23.8. The molecule has 0 saturated carbocycles. The summed E-state index contributed by atoms with van der Waals surface area (Å²) in [6.45, 7) is 6.36. The summed E-state index contributed by atoms with van der Waals surface area (Å²) in [5, 5.41) is 8.22. The highest BCUT2D eigenvalue weighted by Gasteiger charge is 2.40. The number of piperazine rings is 2. The zero-order chi connectivity index (χ0) is 28.2. The van der Waals surface area contributed by atoms with E-state index < -0.39 is 0 Å². The minimum absolute atomic E-state index is 0.249. The Kier molecular flexibility index (Phi) is 8.29. The summed E-state index contributed by atoms with van der Waals surface area (Å²) in [4.78, 5) is 21.4. The van der Waals surface area contributed by atoms with E-state index in [-0.39, 0.29) is 6.09 Å². The van der Waals surface area contributed by atoms with Gasteiger partial charge in [0.25, 0.3) is 0 Å². The predicted octanol–water partition coefficient (Wildman–Crippen LogP) is 3.90. The van der Waals surface area contributed by atoms with E-state index in [2.05, 4.69) is 43.1 Å². The number of nitrogen functional groups attached to an aromatic ring is 1. The molecule has 2 N–H and O–H groups in total. The summed E-state index contributed by atoms with van der Waals surface area (Å²) < 4.78 is 11.7. The van der Waals surface area contributed by atoms with Crippen LogP contribution in [0.15, 0.2) is 60.7 Å². The molecule has 2 aromatic carbocycles. The monoisotopic (exact) mass is 577 g/mol. The maximum Gasteiger partial charge on any atom is 0.410 e. The van der Waals surface area contributed by atoms with Crippen LogP contribution in [0.3, 0.4) is 0 Å². The second-order valence-electron chi connectivity index (χ2n) is 10.8. The Bertz CT molecular complexity index is 1320. The van der Waals surface area contributed by atoms with E-state index >= 15 is 0 Å². The Morgan fingerprint density at radius 3 is 2.46 bits per heavy atom. The highest BCUT2D eigenvalue weighted by molar-refractivity contribution is 6.29. The van der Waals surface area contributed by atoms with E-state index in [1.54, 1.807) is 4.90 Å². The average Bonchev–Trinajstić information content (AvgIpc) is 3.27. The summed E-state index contributed by atoms with van der Waals surface area (Å²) >= 11 is 6.10. The van der Waals surface area contributed by atoms with Crippen LogP contribution < -0.4 is 20.3 Å². The quantitative estimate of drug-likeness (QED) is 0.427. The second kappa shape index (κ2) is 12.4. The van der Waals surface area contributed by atoms with Crippen LogP contribution in [0.4, 0.5) is 22.0 Å². The lowest BCUT2D eigenvalue weighted by Crippen LogP contribution is -2.54. The van der Waals surface area contributed by atoms with E-state index in [0.29, 0.717) is 49.4 Å². The van der Waals surface area contributed by atoms with Crippen molar-refractivity contribution in [1.29, 1.82) is 0 Å². The Balaban J connectivity index is 0.965. The smallest absolute Gasteiger partial charge is 0.410 e. The second-order valence-corrected chi connectivity index (χ2v) is 11.2. The topological polar surface area (TPSA) is 100 Å². The molecule has 41 heavy (non-hydrogen) atoms. The summed E-state index contributed by atoms with van der Waals surface area (Å²) in [5.74, 6) is 1.30. The highest BCUT2D eigenvalue weighted by Crippen LogP contribution is 2.38. The Hall–Kier alpha value is -3.76. The molecule has 6 rings (SSSR count). The lowest BCUT2D eigenvalue weighted by atomic mass is 10.1. The van der Waals surface area contributed by atoms with Crippen molar-refractivity contribution >= 4 is 34.9 Å². The number of aromatic nitrogens is 2. The molecule has 2 bridgehead atoms. The number of halogens is 1. The van der Waals surface area contributed by atoms with Crippen LogP contribution >= 0.6 is 11.6 Å². The van der Waals surface area contributed by atoms with Gasteiger partial charge in [0.1, 0.15) is 19.0 Å². The van der Waals surface area contributed by atoms with Crippen molar-refractivity contribution in [3.05, 3.63) is 71.4 Å². The molecule has 1 amide bonds.